The highest BCUT2D eigenvalue weighted by molar-refractivity contribution is 6.05. The molecule has 0 radical (unpaired) electrons. The first-order valence-corrected chi connectivity index (χ1v) is 6.63. The Morgan fingerprint density at radius 3 is 2.50 bits per heavy atom. The number of aliphatic hydroxyl groups excluding tert-OH is 1. The summed E-state index contributed by atoms with van der Waals surface area (Å²) >= 11 is 0. The minimum Gasteiger partial charge on any atom is -0.508 e. The fourth-order valence-corrected chi connectivity index (χ4v) is 2.55. The number of fused-ring (bicyclic) bond motifs is 1. The Balaban J connectivity index is 2.13. The molecule has 0 fully saturated rings. The molecule has 2 aromatic carbocycles. The van der Waals surface area contributed by atoms with Gasteiger partial charge in [-0.05, 0) is 19.1 Å². The molecule has 0 aromatic heterocycles. The van der Waals surface area contributed by atoms with Gasteiger partial charge in [-0.15, -0.1) is 0 Å². The lowest BCUT2D eigenvalue weighted by atomic mass is 9.92. The lowest BCUT2D eigenvalue weighted by Gasteiger charge is -2.30. The molecule has 1 heterocycles. The van der Waals surface area contributed by atoms with Crippen LogP contribution in [0.2, 0.25) is 0 Å². The molecule has 2 aromatic rings. The normalized spacial score (nSPS) is 20.4. The maximum atomic E-state index is 12.3. The van der Waals surface area contributed by atoms with Gasteiger partial charge in [0.05, 0.1) is 0 Å². The lowest BCUT2D eigenvalue weighted by molar-refractivity contribution is 0.0203. The maximum absolute atomic E-state index is 12.3. The van der Waals surface area contributed by atoms with E-state index in [1.165, 1.54) is 12.1 Å². The number of ether oxygens (including phenoxy) is 1. The Kier molecular flexibility index (Phi) is 3.18. The number of carbonyl (C=O) groups is 1. The van der Waals surface area contributed by atoms with Gasteiger partial charge in [0.25, 0.3) is 0 Å². The Hall–Kier alpha value is -2.73. The van der Waals surface area contributed by atoms with Gasteiger partial charge in [0.15, 0.2) is 12.2 Å². The van der Waals surface area contributed by atoms with Gasteiger partial charge < -0.3 is 25.2 Å². The number of rotatable bonds is 1. The van der Waals surface area contributed by atoms with Crippen LogP contribution in [0.3, 0.4) is 0 Å². The Morgan fingerprint density at radius 2 is 1.77 bits per heavy atom. The minimum atomic E-state index is -1.57. The fourth-order valence-electron chi connectivity index (χ4n) is 2.55. The molecule has 0 amide bonds. The molecule has 1 aliphatic heterocycles. The standard InChI is InChI=1S/C16H14O6/c1-7-2-3-10(18)9(4-7)16-15(21)14(20)13-11(19)5-8(17)6-12(13)22-16/h2-6,15-19,21H,1H3/t15-,16+/m0/s1. The van der Waals surface area contributed by atoms with Crippen LogP contribution in [0, 0.1) is 6.92 Å². The first-order chi connectivity index (χ1) is 10.4. The second-order valence-corrected chi connectivity index (χ2v) is 5.25. The summed E-state index contributed by atoms with van der Waals surface area (Å²) in [6, 6.07) is 6.91. The number of phenols is 3. The van der Waals surface area contributed by atoms with E-state index in [4.69, 9.17) is 4.74 Å². The first-order valence-electron chi connectivity index (χ1n) is 6.63. The highest BCUT2D eigenvalue weighted by Crippen LogP contribution is 2.43. The van der Waals surface area contributed by atoms with Crippen LogP contribution in [0.15, 0.2) is 30.3 Å². The average molecular weight is 302 g/mol. The summed E-state index contributed by atoms with van der Waals surface area (Å²) in [7, 11) is 0. The third-order valence-electron chi connectivity index (χ3n) is 3.61. The monoisotopic (exact) mass is 302 g/mol. The van der Waals surface area contributed by atoms with Crippen molar-refractivity contribution in [3.8, 4) is 23.0 Å². The molecule has 22 heavy (non-hydrogen) atoms. The van der Waals surface area contributed by atoms with E-state index in [2.05, 4.69) is 0 Å². The zero-order valence-electron chi connectivity index (χ0n) is 11.6. The summed E-state index contributed by atoms with van der Waals surface area (Å²) in [5.41, 5.74) is 0.892. The third kappa shape index (κ3) is 2.14. The number of aromatic hydroxyl groups is 3. The van der Waals surface area contributed by atoms with Gasteiger partial charge >= 0.3 is 0 Å². The summed E-state index contributed by atoms with van der Waals surface area (Å²) in [6.45, 7) is 1.80. The van der Waals surface area contributed by atoms with Gasteiger partial charge in [0.1, 0.15) is 28.6 Å². The molecule has 6 nitrogen and oxygen atoms in total. The van der Waals surface area contributed by atoms with Gasteiger partial charge in [-0.2, -0.15) is 0 Å². The van der Waals surface area contributed by atoms with Crippen molar-refractivity contribution in [3.63, 3.8) is 0 Å². The number of aliphatic hydroxyl groups is 1. The van der Waals surface area contributed by atoms with Crippen molar-refractivity contribution in [2.24, 2.45) is 0 Å². The zero-order valence-corrected chi connectivity index (χ0v) is 11.6. The Morgan fingerprint density at radius 1 is 1.05 bits per heavy atom. The first kappa shape index (κ1) is 14.2. The molecule has 0 aliphatic carbocycles. The smallest absolute Gasteiger partial charge is 0.202 e. The average Bonchev–Trinajstić information content (AvgIpc) is 2.45. The molecule has 1 aliphatic rings. The van der Waals surface area contributed by atoms with Gasteiger partial charge in [-0.3, -0.25) is 4.79 Å². The van der Waals surface area contributed by atoms with Crippen LogP contribution in [-0.4, -0.2) is 32.3 Å². The largest absolute Gasteiger partial charge is 0.508 e. The molecule has 2 atom stereocenters. The molecular formula is C16H14O6. The third-order valence-corrected chi connectivity index (χ3v) is 3.61. The van der Waals surface area contributed by atoms with Gasteiger partial charge in [-0.1, -0.05) is 11.6 Å². The van der Waals surface area contributed by atoms with E-state index < -0.39 is 23.7 Å². The summed E-state index contributed by atoms with van der Waals surface area (Å²) in [5.74, 6) is -1.63. The molecule has 0 saturated carbocycles. The quantitative estimate of drug-likeness (QED) is 0.640. The van der Waals surface area contributed by atoms with E-state index in [0.29, 0.717) is 0 Å². The molecule has 0 spiro atoms. The van der Waals surface area contributed by atoms with Crippen LogP contribution in [-0.2, 0) is 0 Å². The molecular weight excluding hydrogens is 288 g/mol. The van der Waals surface area contributed by atoms with E-state index in [1.54, 1.807) is 19.1 Å². The molecule has 0 unspecified atom stereocenters. The van der Waals surface area contributed by atoms with E-state index in [-0.39, 0.29) is 28.4 Å². The van der Waals surface area contributed by atoms with Crippen molar-refractivity contribution in [1.29, 1.82) is 0 Å². The van der Waals surface area contributed by atoms with Crippen LogP contribution in [0.25, 0.3) is 0 Å². The van der Waals surface area contributed by atoms with Gasteiger partial charge in [-0.25, -0.2) is 0 Å². The van der Waals surface area contributed by atoms with E-state index in [9.17, 15) is 25.2 Å². The van der Waals surface area contributed by atoms with Crippen molar-refractivity contribution in [2.45, 2.75) is 19.1 Å². The van der Waals surface area contributed by atoms with Crippen molar-refractivity contribution in [3.05, 3.63) is 47.0 Å². The van der Waals surface area contributed by atoms with Crippen LogP contribution >= 0.6 is 0 Å². The van der Waals surface area contributed by atoms with Crippen LogP contribution < -0.4 is 4.74 Å². The summed E-state index contributed by atoms with van der Waals surface area (Å²) < 4.78 is 5.55. The maximum Gasteiger partial charge on any atom is 0.202 e. The topological polar surface area (TPSA) is 107 Å². The van der Waals surface area contributed by atoms with Gasteiger partial charge in [0.2, 0.25) is 5.78 Å². The zero-order chi connectivity index (χ0) is 16.0. The number of hydrogen-bond acceptors (Lipinski definition) is 6. The molecule has 0 saturated heterocycles. The second kappa shape index (κ2) is 4.92. The fraction of sp³-hybridized carbons (Fsp3) is 0.188. The van der Waals surface area contributed by atoms with E-state index in [1.807, 2.05) is 0 Å². The number of phenolic OH excluding ortho intramolecular Hbond substituents is 3. The number of benzene rings is 2. The number of hydrogen-bond donors (Lipinski definition) is 4. The molecule has 114 valence electrons. The van der Waals surface area contributed by atoms with Crippen LogP contribution in [0.1, 0.15) is 27.6 Å². The SMILES string of the molecule is Cc1ccc(O)c([C@H]2Oc3cc(O)cc(O)c3C(=O)[C@@H]2O)c1. The predicted octanol–water partition coefficient (Wildman–Crippen LogP) is 1.79. The van der Waals surface area contributed by atoms with Crippen molar-refractivity contribution >= 4 is 5.78 Å². The molecule has 4 N–H and O–H groups in total. The number of Topliss-reactive ketones (excluding diaryl/α,β-unsaturated/α-hetero) is 1. The van der Waals surface area contributed by atoms with Crippen molar-refractivity contribution < 1.29 is 30.0 Å². The Bertz CT molecular complexity index is 767. The molecule has 0 bridgehead atoms. The summed E-state index contributed by atoms with van der Waals surface area (Å²) in [6.07, 6.45) is -2.70. The molecule has 3 rings (SSSR count). The number of ketones is 1. The summed E-state index contributed by atoms with van der Waals surface area (Å²) in [5, 5.41) is 39.4. The van der Waals surface area contributed by atoms with Crippen LogP contribution in [0.5, 0.6) is 23.0 Å². The van der Waals surface area contributed by atoms with Crippen LogP contribution in [0.4, 0.5) is 0 Å². The number of aryl methyl sites for hydroxylation is 1. The van der Waals surface area contributed by atoms with Crippen molar-refractivity contribution in [2.75, 3.05) is 0 Å². The van der Waals surface area contributed by atoms with Gasteiger partial charge in [0, 0.05) is 17.7 Å². The molecule has 6 heteroatoms. The minimum absolute atomic E-state index is 0.0429. The van der Waals surface area contributed by atoms with Crippen molar-refractivity contribution in [1.82, 2.24) is 0 Å². The van der Waals surface area contributed by atoms with E-state index in [0.717, 1.165) is 11.6 Å². The summed E-state index contributed by atoms with van der Waals surface area (Å²) in [4.78, 5) is 12.3. The predicted molar refractivity (Wildman–Crippen MR) is 76.3 cm³/mol. The second-order valence-electron chi connectivity index (χ2n) is 5.25. The lowest BCUT2D eigenvalue weighted by Crippen LogP contribution is -2.36. The highest BCUT2D eigenvalue weighted by atomic mass is 16.5. The van der Waals surface area contributed by atoms with E-state index >= 15 is 0 Å². The highest BCUT2D eigenvalue weighted by Gasteiger charge is 2.40. The Labute approximate surface area is 125 Å². The number of carbonyl (C=O) groups excluding carboxylic acids is 1.